The monoisotopic (exact) mass is 254 g/mol. The van der Waals surface area contributed by atoms with Gasteiger partial charge < -0.3 is 5.32 Å². The van der Waals surface area contributed by atoms with Crippen LogP contribution in [0.15, 0.2) is 17.5 Å². The van der Waals surface area contributed by atoms with Crippen molar-refractivity contribution in [3.05, 3.63) is 22.4 Å². The van der Waals surface area contributed by atoms with E-state index in [4.69, 9.17) is 0 Å². The van der Waals surface area contributed by atoms with Gasteiger partial charge in [-0.05, 0) is 50.8 Å². The Balaban J connectivity index is 2.16. The van der Waals surface area contributed by atoms with Crippen LogP contribution < -0.4 is 5.32 Å². The van der Waals surface area contributed by atoms with Gasteiger partial charge in [-0.1, -0.05) is 19.9 Å². The molecule has 0 amide bonds. The van der Waals surface area contributed by atoms with Crippen molar-refractivity contribution in [3.63, 3.8) is 0 Å². The van der Waals surface area contributed by atoms with Crippen LogP contribution in [0.3, 0.4) is 0 Å². The van der Waals surface area contributed by atoms with Crippen molar-refractivity contribution in [1.82, 2.24) is 10.2 Å². The van der Waals surface area contributed by atoms with E-state index < -0.39 is 0 Å². The molecule has 0 aromatic carbocycles. The average Bonchev–Trinajstić information content (AvgIpc) is 2.76. The zero-order chi connectivity index (χ0) is 12.7. The van der Waals surface area contributed by atoms with Crippen molar-refractivity contribution in [3.8, 4) is 0 Å². The summed E-state index contributed by atoms with van der Waals surface area (Å²) in [6, 6.07) is 4.98. The maximum atomic E-state index is 3.51. The van der Waals surface area contributed by atoms with Crippen LogP contribution in [0.2, 0.25) is 0 Å². The Hall–Kier alpha value is -0.380. The Bertz CT molecular complexity index is 282. The van der Waals surface area contributed by atoms with Crippen LogP contribution >= 0.6 is 11.3 Å². The first kappa shape index (κ1) is 14.7. The lowest BCUT2D eigenvalue weighted by Gasteiger charge is -2.24. The van der Waals surface area contributed by atoms with E-state index in [0.717, 1.165) is 25.6 Å². The van der Waals surface area contributed by atoms with E-state index in [1.54, 1.807) is 0 Å². The van der Waals surface area contributed by atoms with Crippen LogP contribution in [0.25, 0.3) is 0 Å². The van der Waals surface area contributed by atoms with Gasteiger partial charge in [-0.2, -0.15) is 0 Å². The maximum Gasteiger partial charge on any atom is 0.0327 e. The van der Waals surface area contributed by atoms with Crippen molar-refractivity contribution in [2.24, 2.45) is 5.92 Å². The minimum atomic E-state index is 0.636. The van der Waals surface area contributed by atoms with Gasteiger partial charge in [-0.25, -0.2) is 0 Å². The summed E-state index contributed by atoms with van der Waals surface area (Å²) in [6.07, 6.45) is 1.22. The third-order valence-electron chi connectivity index (χ3n) is 3.03. The first-order valence-corrected chi connectivity index (χ1v) is 7.41. The summed E-state index contributed by atoms with van der Waals surface area (Å²) in [4.78, 5) is 3.89. The second-order valence-electron chi connectivity index (χ2n) is 5.23. The molecule has 0 saturated carbocycles. The van der Waals surface area contributed by atoms with Crippen molar-refractivity contribution in [2.75, 3.05) is 20.1 Å². The van der Waals surface area contributed by atoms with Gasteiger partial charge in [0, 0.05) is 17.5 Å². The topological polar surface area (TPSA) is 15.3 Å². The lowest BCUT2D eigenvalue weighted by Crippen LogP contribution is -2.32. The van der Waals surface area contributed by atoms with Crippen LogP contribution in [0, 0.1) is 5.92 Å². The Morgan fingerprint density at radius 1 is 1.35 bits per heavy atom. The molecule has 0 aliphatic heterocycles. The highest BCUT2D eigenvalue weighted by Gasteiger charge is 2.09. The Labute approximate surface area is 110 Å². The second-order valence-corrected chi connectivity index (χ2v) is 6.26. The SMILES string of the molecule is CC(C)CNCCC(C)N(C)Cc1cccs1. The third kappa shape index (κ3) is 6.20. The van der Waals surface area contributed by atoms with Crippen LogP contribution in [-0.2, 0) is 6.54 Å². The van der Waals surface area contributed by atoms with Gasteiger partial charge in [-0.3, -0.25) is 4.90 Å². The second kappa shape index (κ2) is 7.85. The number of hydrogen-bond acceptors (Lipinski definition) is 3. The molecule has 1 N–H and O–H groups in total. The van der Waals surface area contributed by atoms with Crippen LogP contribution in [0.5, 0.6) is 0 Å². The lowest BCUT2D eigenvalue weighted by atomic mass is 10.2. The number of hydrogen-bond donors (Lipinski definition) is 1. The fraction of sp³-hybridized carbons (Fsp3) is 0.714. The Morgan fingerprint density at radius 2 is 2.12 bits per heavy atom. The fourth-order valence-corrected chi connectivity index (χ4v) is 2.49. The highest BCUT2D eigenvalue weighted by molar-refractivity contribution is 7.09. The molecular weight excluding hydrogens is 228 g/mol. The van der Waals surface area contributed by atoms with E-state index in [0.29, 0.717) is 6.04 Å². The smallest absolute Gasteiger partial charge is 0.0327 e. The maximum absolute atomic E-state index is 3.51. The first-order valence-electron chi connectivity index (χ1n) is 6.53. The molecule has 1 heterocycles. The summed E-state index contributed by atoms with van der Waals surface area (Å²) in [5.74, 6) is 0.745. The highest BCUT2D eigenvalue weighted by atomic mass is 32.1. The molecule has 17 heavy (non-hydrogen) atoms. The summed E-state index contributed by atoms with van der Waals surface area (Å²) in [5, 5.41) is 5.66. The minimum absolute atomic E-state index is 0.636. The van der Waals surface area contributed by atoms with E-state index in [9.17, 15) is 0 Å². The molecule has 1 unspecified atom stereocenters. The molecule has 0 fully saturated rings. The molecule has 0 saturated heterocycles. The predicted molar refractivity (Wildman–Crippen MR) is 77.6 cm³/mol. The molecule has 1 aromatic heterocycles. The summed E-state index contributed by atoms with van der Waals surface area (Å²) in [6.45, 7) is 10.1. The lowest BCUT2D eigenvalue weighted by molar-refractivity contribution is 0.238. The van der Waals surface area contributed by atoms with E-state index in [2.05, 4.69) is 55.5 Å². The number of nitrogens with zero attached hydrogens (tertiary/aromatic N) is 1. The third-order valence-corrected chi connectivity index (χ3v) is 3.89. The molecule has 2 nitrogen and oxygen atoms in total. The van der Waals surface area contributed by atoms with Gasteiger partial charge in [0.15, 0.2) is 0 Å². The van der Waals surface area contributed by atoms with Gasteiger partial charge in [0.25, 0.3) is 0 Å². The van der Waals surface area contributed by atoms with Gasteiger partial charge in [-0.15, -0.1) is 11.3 Å². The van der Waals surface area contributed by atoms with E-state index in [1.165, 1.54) is 11.3 Å². The quantitative estimate of drug-likeness (QED) is 0.717. The van der Waals surface area contributed by atoms with E-state index in [-0.39, 0.29) is 0 Å². The molecule has 0 aliphatic rings. The molecule has 0 radical (unpaired) electrons. The normalized spacial score (nSPS) is 13.5. The zero-order valence-electron chi connectivity index (χ0n) is 11.6. The van der Waals surface area contributed by atoms with Crippen LogP contribution in [0.4, 0.5) is 0 Å². The van der Waals surface area contributed by atoms with E-state index >= 15 is 0 Å². The first-order chi connectivity index (χ1) is 8.09. The number of rotatable bonds is 8. The molecule has 1 rings (SSSR count). The highest BCUT2D eigenvalue weighted by Crippen LogP contribution is 2.13. The summed E-state index contributed by atoms with van der Waals surface area (Å²) < 4.78 is 0. The average molecular weight is 254 g/mol. The van der Waals surface area contributed by atoms with E-state index in [1.807, 2.05) is 11.3 Å². The molecule has 0 spiro atoms. The van der Waals surface area contributed by atoms with Crippen molar-refractivity contribution < 1.29 is 0 Å². The Morgan fingerprint density at radius 3 is 2.71 bits per heavy atom. The molecule has 0 aliphatic carbocycles. The molecule has 98 valence electrons. The molecule has 3 heteroatoms. The standard InChI is InChI=1S/C14H26N2S/c1-12(2)10-15-8-7-13(3)16(4)11-14-6-5-9-17-14/h5-6,9,12-13,15H,7-8,10-11H2,1-4H3. The zero-order valence-corrected chi connectivity index (χ0v) is 12.4. The van der Waals surface area contributed by atoms with Gasteiger partial charge in [0.1, 0.15) is 0 Å². The van der Waals surface area contributed by atoms with Crippen molar-refractivity contribution >= 4 is 11.3 Å². The van der Waals surface area contributed by atoms with Crippen LogP contribution in [-0.4, -0.2) is 31.1 Å². The van der Waals surface area contributed by atoms with Crippen LogP contribution in [0.1, 0.15) is 32.1 Å². The largest absolute Gasteiger partial charge is 0.316 e. The number of thiophene rings is 1. The van der Waals surface area contributed by atoms with Gasteiger partial charge >= 0.3 is 0 Å². The van der Waals surface area contributed by atoms with Gasteiger partial charge in [0.05, 0.1) is 0 Å². The minimum Gasteiger partial charge on any atom is -0.316 e. The van der Waals surface area contributed by atoms with Gasteiger partial charge in [0.2, 0.25) is 0 Å². The molecule has 1 atom stereocenters. The fourth-order valence-electron chi connectivity index (χ4n) is 1.73. The summed E-state index contributed by atoms with van der Waals surface area (Å²) >= 11 is 1.84. The predicted octanol–water partition coefficient (Wildman–Crippen LogP) is 3.20. The molecule has 0 bridgehead atoms. The Kier molecular flexibility index (Phi) is 6.78. The summed E-state index contributed by atoms with van der Waals surface area (Å²) in [5.41, 5.74) is 0. The van der Waals surface area contributed by atoms with Crippen molar-refractivity contribution in [1.29, 1.82) is 0 Å². The number of nitrogens with one attached hydrogen (secondary N) is 1. The summed E-state index contributed by atoms with van der Waals surface area (Å²) in [7, 11) is 2.22. The molecule has 1 aromatic rings. The van der Waals surface area contributed by atoms with Crippen molar-refractivity contribution in [2.45, 2.75) is 39.8 Å². The molecular formula is C14H26N2S.